The molecule has 0 spiro atoms. The number of nitrogens with zero attached hydrogens (tertiary/aromatic N) is 5. The number of aryl methyl sites for hydroxylation is 1. The number of anilines is 1. The zero-order chi connectivity index (χ0) is 17.9. The summed E-state index contributed by atoms with van der Waals surface area (Å²) in [6.07, 6.45) is 3.98. The van der Waals surface area contributed by atoms with E-state index in [4.69, 9.17) is 5.11 Å². The number of aromatic nitrogens is 4. The van der Waals surface area contributed by atoms with Crippen molar-refractivity contribution in [3.8, 4) is 0 Å². The third-order valence-electron chi connectivity index (χ3n) is 3.19. The molecule has 0 aliphatic heterocycles. The van der Waals surface area contributed by atoms with Crippen molar-refractivity contribution in [2.45, 2.75) is 20.0 Å². The second kappa shape index (κ2) is 6.94. The summed E-state index contributed by atoms with van der Waals surface area (Å²) in [6, 6.07) is 0. The number of carbonyl (C=O) groups is 3. The molecule has 0 unspecified atom stereocenters. The summed E-state index contributed by atoms with van der Waals surface area (Å²) in [5, 5.41) is 19.2. The first-order valence-electron chi connectivity index (χ1n) is 7.16. The maximum Gasteiger partial charge on any atom is 0.325 e. The lowest BCUT2D eigenvalue weighted by atomic mass is 10.3. The lowest BCUT2D eigenvalue weighted by Crippen LogP contribution is -2.26. The van der Waals surface area contributed by atoms with Gasteiger partial charge in [0.1, 0.15) is 12.2 Å². The Hall–Kier alpha value is -3.17. The van der Waals surface area contributed by atoms with Crippen molar-refractivity contribution in [2.24, 2.45) is 0 Å². The number of carboxylic acid groups (broad SMARTS) is 1. The lowest BCUT2D eigenvalue weighted by molar-refractivity contribution is -0.137. The van der Waals surface area contributed by atoms with E-state index in [9.17, 15) is 14.4 Å². The number of hydrogen-bond acceptors (Lipinski definition) is 5. The Labute approximate surface area is 137 Å². The largest absolute Gasteiger partial charge is 0.480 e. The van der Waals surface area contributed by atoms with Gasteiger partial charge in [0.2, 0.25) is 0 Å². The van der Waals surface area contributed by atoms with Crippen molar-refractivity contribution in [1.29, 1.82) is 0 Å². The van der Waals surface area contributed by atoms with Gasteiger partial charge in [0.25, 0.3) is 11.8 Å². The minimum Gasteiger partial charge on any atom is -0.480 e. The van der Waals surface area contributed by atoms with E-state index in [-0.39, 0.29) is 29.4 Å². The highest BCUT2D eigenvalue weighted by atomic mass is 16.4. The minimum absolute atomic E-state index is 0.184. The molecular weight excluding hydrogens is 316 g/mol. The van der Waals surface area contributed by atoms with E-state index in [1.807, 2.05) is 6.92 Å². The molecule has 2 amide bonds. The highest BCUT2D eigenvalue weighted by Crippen LogP contribution is 2.18. The quantitative estimate of drug-likeness (QED) is 0.774. The molecule has 0 aromatic carbocycles. The molecule has 2 N–H and O–H groups in total. The van der Waals surface area contributed by atoms with Gasteiger partial charge in [0, 0.05) is 26.8 Å². The van der Waals surface area contributed by atoms with E-state index in [2.05, 4.69) is 15.5 Å². The Morgan fingerprint density at radius 2 is 1.96 bits per heavy atom. The smallest absolute Gasteiger partial charge is 0.325 e. The second-order valence-corrected chi connectivity index (χ2v) is 5.20. The number of carboxylic acids is 1. The normalized spacial score (nSPS) is 10.5. The monoisotopic (exact) mass is 334 g/mol. The zero-order valence-electron chi connectivity index (χ0n) is 13.6. The average Bonchev–Trinajstić information content (AvgIpc) is 3.12. The number of amides is 2. The van der Waals surface area contributed by atoms with Crippen LogP contribution in [-0.2, 0) is 17.9 Å². The maximum atomic E-state index is 12.3. The van der Waals surface area contributed by atoms with Crippen molar-refractivity contribution >= 4 is 23.5 Å². The Morgan fingerprint density at radius 1 is 1.25 bits per heavy atom. The molecule has 2 heterocycles. The van der Waals surface area contributed by atoms with E-state index in [1.54, 1.807) is 14.1 Å². The van der Waals surface area contributed by atoms with Crippen LogP contribution >= 0.6 is 0 Å². The van der Waals surface area contributed by atoms with Gasteiger partial charge in [-0.05, 0) is 6.92 Å². The van der Waals surface area contributed by atoms with Gasteiger partial charge in [-0.3, -0.25) is 23.7 Å². The molecule has 10 heteroatoms. The van der Waals surface area contributed by atoms with Crippen LogP contribution in [0.2, 0.25) is 0 Å². The van der Waals surface area contributed by atoms with Crippen LogP contribution in [0.5, 0.6) is 0 Å². The number of hydrogen-bond donors (Lipinski definition) is 2. The number of rotatable bonds is 6. The van der Waals surface area contributed by atoms with Crippen molar-refractivity contribution in [1.82, 2.24) is 24.5 Å². The molecule has 0 saturated heterocycles. The van der Waals surface area contributed by atoms with Crippen molar-refractivity contribution in [3.05, 3.63) is 29.8 Å². The highest BCUT2D eigenvalue weighted by Gasteiger charge is 2.22. The van der Waals surface area contributed by atoms with Gasteiger partial charge in [-0.15, -0.1) is 0 Å². The van der Waals surface area contributed by atoms with Gasteiger partial charge in [-0.1, -0.05) is 0 Å². The van der Waals surface area contributed by atoms with E-state index in [1.165, 1.54) is 28.2 Å². The van der Waals surface area contributed by atoms with Crippen molar-refractivity contribution < 1.29 is 19.5 Å². The Balaban J connectivity index is 2.23. The molecule has 128 valence electrons. The summed E-state index contributed by atoms with van der Waals surface area (Å²) in [5.74, 6) is -1.85. The third-order valence-corrected chi connectivity index (χ3v) is 3.19. The maximum absolute atomic E-state index is 12.3. The summed E-state index contributed by atoms with van der Waals surface area (Å²) >= 11 is 0. The van der Waals surface area contributed by atoms with Gasteiger partial charge < -0.3 is 15.3 Å². The van der Waals surface area contributed by atoms with Gasteiger partial charge in [0.05, 0.1) is 23.6 Å². The molecule has 10 nitrogen and oxygen atoms in total. The molecule has 0 aliphatic rings. The Kier molecular flexibility index (Phi) is 4.97. The average molecular weight is 334 g/mol. The fraction of sp³-hybridized carbons (Fsp3) is 0.357. The lowest BCUT2D eigenvalue weighted by Gasteiger charge is -2.13. The molecule has 2 rings (SSSR count). The van der Waals surface area contributed by atoms with E-state index in [0.29, 0.717) is 6.54 Å². The minimum atomic E-state index is -1.06. The van der Waals surface area contributed by atoms with Crippen molar-refractivity contribution in [2.75, 3.05) is 19.4 Å². The molecule has 0 saturated carbocycles. The highest BCUT2D eigenvalue weighted by molar-refractivity contribution is 6.08. The second-order valence-electron chi connectivity index (χ2n) is 5.20. The number of aliphatic carboxylic acids is 1. The number of nitrogens with one attached hydrogen (secondary N) is 1. The number of carbonyl (C=O) groups excluding carboxylic acids is 2. The molecule has 0 fully saturated rings. The molecule has 24 heavy (non-hydrogen) atoms. The van der Waals surface area contributed by atoms with Crippen LogP contribution in [0, 0.1) is 0 Å². The van der Waals surface area contributed by atoms with Gasteiger partial charge in [0.15, 0.2) is 0 Å². The molecule has 0 radical (unpaired) electrons. The summed E-state index contributed by atoms with van der Waals surface area (Å²) in [4.78, 5) is 36.6. The van der Waals surface area contributed by atoms with Crippen LogP contribution in [0.25, 0.3) is 0 Å². The molecule has 2 aromatic heterocycles. The van der Waals surface area contributed by atoms with Crippen LogP contribution in [0.3, 0.4) is 0 Å². The van der Waals surface area contributed by atoms with Crippen LogP contribution < -0.4 is 5.32 Å². The fourth-order valence-electron chi connectivity index (χ4n) is 2.05. The first kappa shape index (κ1) is 17.2. The fourth-order valence-corrected chi connectivity index (χ4v) is 2.05. The molecule has 0 aliphatic carbocycles. The molecular formula is C14H18N6O4. The van der Waals surface area contributed by atoms with E-state index in [0.717, 1.165) is 4.68 Å². The van der Waals surface area contributed by atoms with E-state index < -0.39 is 11.9 Å². The van der Waals surface area contributed by atoms with Crippen molar-refractivity contribution in [3.63, 3.8) is 0 Å². The van der Waals surface area contributed by atoms with E-state index >= 15 is 0 Å². The standard InChI is InChI=1S/C14H18N6O4/c1-4-20-12(14(24)18(2)3)10(6-16-20)17-13(23)9-5-15-19(7-9)8-11(21)22/h5-7H,4,8H2,1-3H3,(H,17,23)(H,21,22). The van der Waals surface area contributed by atoms with Gasteiger partial charge >= 0.3 is 5.97 Å². The zero-order valence-corrected chi connectivity index (χ0v) is 13.6. The topological polar surface area (TPSA) is 122 Å². The molecule has 0 bridgehead atoms. The Bertz CT molecular complexity index is 776. The van der Waals surface area contributed by atoms with Gasteiger partial charge in [-0.25, -0.2) is 0 Å². The first-order valence-corrected chi connectivity index (χ1v) is 7.16. The predicted octanol–water partition coefficient (Wildman–Crippen LogP) is 0.138. The SMILES string of the molecule is CCn1ncc(NC(=O)c2cnn(CC(=O)O)c2)c1C(=O)N(C)C. The Morgan fingerprint density at radius 3 is 2.54 bits per heavy atom. The van der Waals surface area contributed by atoms with Gasteiger partial charge in [-0.2, -0.15) is 10.2 Å². The third kappa shape index (κ3) is 3.59. The summed E-state index contributed by atoms with van der Waals surface area (Å²) < 4.78 is 2.63. The van der Waals surface area contributed by atoms with Crippen LogP contribution in [0.4, 0.5) is 5.69 Å². The summed E-state index contributed by atoms with van der Waals surface area (Å²) in [6.45, 7) is 1.97. The summed E-state index contributed by atoms with van der Waals surface area (Å²) in [5.41, 5.74) is 0.740. The molecule has 2 aromatic rings. The summed E-state index contributed by atoms with van der Waals surface area (Å²) in [7, 11) is 3.22. The van der Waals surface area contributed by atoms with Crippen LogP contribution in [0.15, 0.2) is 18.6 Å². The van der Waals surface area contributed by atoms with Crippen LogP contribution in [-0.4, -0.2) is 61.4 Å². The first-order chi connectivity index (χ1) is 11.3. The van der Waals surface area contributed by atoms with Crippen LogP contribution in [0.1, 0.15) is 27.8 Å². The molecule has 0 atom stereocenters. The predicted molar refractivity (Wildman–Crippen MR) is 83.7 cm³/mol.